The predicted octanol–water partition coefficient (Wildman–Crippen LogP) is 3.11. The van der Waals surface area contributed by atoms with E-state index in [4.69, 9.17) is 4.74 Å². The molecule has 25 heavy (non-hydrogen) atoms. The summed E-state index contributed by atoms with van der Waals surface area (Å²) in [5, 5.41) is 9.41. The zero-order valence-electron chi connectivity index (χ0n) is 13.8. The number of amides is 1. The molecule has 1 aliphatic rings. The molecular formula is C18H18N4O2S. The molecule has 1 atom stereocenters. The van der Waals surface area contributed by atoms with Gasteiger partial charge in [-0.1, -0.05) is 12.1 Å². The minimum atomic E-state index is -0.177. The summed E-state index contributed by atoms with van der Waals surface area (Å²) in [5.74, 6) is -0.0426. The Labute approximate surface area is 149 Å². The van der Waals surface area contributed by atoms with Crippen LogP contribution in [0.2, 0.25) is 0 Å². The standard InChI is InChI=1S/C18H18N4O2S/c1-24-9-4-8-22-17(12-5-2-7-19-11-12)14-15(13-6-3-10-25-13)20-21-16(14)18(22)23/h2-3,5-7,10-11,17H,4,8-9H2,1H3,(H,20,21). The molecule has 0 spiro atoms. The van der Waals surface area contributed by atoms with Gasteiger partial charge in [0.05, 0.1) is 16.6 Å². The van der Waals surface area contributed by atoms with E-state index in [1.165, 1.54) is 0 Å². The average molecular weight is 354 g/mol. The SMILES string of the molecule is COCCCN1C(=O)c2n[nH]c(-c3cccs3)c2C1c1cccnc1. The first-order chi connectivity index (χ1) is 12.3. The number of carbonyl (C=O) groups is 1. The molecule has 0 saturated heterocycles. The Hall–Kier alpha value is -2.51. The van der Waals surface area contributed by atoms with Crippen LogP contribution in [0.4, 0.5) is 0 Å². The highest BCUT2D eigenvalue weighted by atomic mass is 32.1. The van der Waals surface area contributed by atoms with E-state index < -0.39 is 0 Å². The molecule has 4 rings (SSSR count). The minimum Gasteiger partial charge on any atom is -0.385 e. The van der Waals surface area contributed by atoms with Gasteiger partial charge in [0, 0.05) is 38.2 Å². The number of hydrogen-bond acceptors (Lipinski definition) is 5. The van der Waals surface area contributed by atoms with E-state index in [2.05, 4.69) is 15.2 Å². The number of aromatic amines is 1. The second-order valence-corrected chi connectivity index (χ2v) is 6.82. The smallest absolute Gasteiger partial charge is 0.275 e. The van der Waals surface area contributed by atoms with Gasteiger partial charge in [0.15, 0.2) is 5.69 Å². The van der Waals surface area contributed by atoms with Gasteiger partial charge in [-0.3, -0.25) is 14.9 Å². The molecule has 128 valence electrons. The molecule has 1 N–H and O–H groups in total. The number of pyridine rings is 1. The number of H-pyrrole nitrogens is 1. The lowest BCUT2D eigenvalue weighted by atomic mass is 9.99. The summed E-state index contributed by atoms with van der Waals surface area (Å²) in [4.78, 5) is 20.1. The quantitative estimate of drug-likeness (QED) is 0.691. The van der Waals surface area contributed by atoms with Gasteiger partial charge < -0.3 is 9.64 Å². The van der Waals surface area contributed by atoms with Crippen LogP contribution in [0, 0.1) is 0 Å². The molecule has 4 heterocycles. The summed E-state index contributed by atoms with van der Waals surface area (Å²) in [6.07, 6.45) is 4.34. The van der Waals surface area contributed by atoms with Gasteiger partial charge in [-0.15, -0.1) is 11.3 Å². The van der Waals surface area contributed by atoms with Crippen molar-refractivity contribution in [2.75, 3.05) is 20.3 Å². The van der Waals surface area contributed by atoms with Gasteiger partial charge in [0.1, 0.15) is 0 Å². The van der Waals surface area contributed by atoms with Crippen molar-refractivity contribution in [1.29, 1.82) is 0 Å². The van der Waals surface area contributed by atoms with Crippen molar-refractivity contribution in [1.82, 2.24) is 20.1 Å². The fraction of sp³-hybridized carbons (Fsp3) is 0.278. The van der Waals surface area contributed by atoms with Crippen molar-refractivity contribution in [3.63, 3.8) is 0 Å². The third-order valence-corrected chi connectivity index (χ3v) is 5.26. The van der Waals surface area contributed by atoms with Crippen molar-refractivity contribution in [3.05, 3.63) is 58.9 Å². The number of aromatic nitrogens is 3. The summed E-state index contributed by atoms with van der Waals surface area (Å²) in [5.41, 5.74) is 3.36. The molecule has 1 amide bonds. The topological polar surface area (TPSA) is 71.1 Å². The summed E-state index contributed by atoms with van der Waals surface area (Å²) in [6.45, 7) is 1.23. The second-order valence-electron chi connectivity index (χ2n) is 5.87. The molecular weight excluding hydrogens is 336 g/mol. The lowest BCUT2D eigenvalue weighted by molar-refractivity contribution is 0.0723. The normalized spacial score (nSPS) is 16.4. The lowest BCUT2D eigenvalue weighted by Gasteiger charge is -2.26. The Morgan fingerprint density at radius 3 is 3.00 bits per heavy atom. The van der Waals surface area contributed by atoms with E-state index in [1.807, 2.05) is 40.7 Å². The minimum absolute atomic E-state index is 0.0426. The molecule has 3 aromatic rings. The van der Waals surface area contributed by atoms with Crippen LogP contribution in [0.1, 0.15) is 34.1 Å². The fourth-order valence-electron chi connectivity index (χ4n) is 3.29. The number of carbonyl (C=O) groups excluding carboxylic acids is 1. The number of nitrogens with one attached hydrogen (secondary N) is 1. The highest BCUT2D eigenvalue weighted by Gasteiger charge is 2.42. The molecule has 1 unspecified atom stereocenters. The summed E-state index contributed by atoms with van der Waals surface area (Å²) < 4.78 is 5.15. The van der Waals surface area contributed by atoms with Crippen LogP contribution >= 0.6 is 11.3 Å². The first-order valence-electron chi connectivity index (χ1n) is 8.13. The maximum absolute atomic E-state index is 12.9. The molecule has 6 nitrogen and oxygen atoms in total. The Kier molecular flexibility index (Phi) is 4.33. The number of nitrogens with zero attached hydrogens (tertiary/aromatic N) is 3. The monoisotopic (exact) mass is 354 g/mol. The molecule has 0 fully saturated rings. The maximum atomic E-state index is 12.9. The molecule has 0 aliphatic carbocycles. The molecule has 3 aromatic heterocycles. The first kappa shape index (κ1) is 16.0. The highest BCUT2D eigenvalue weighted by Crippen LogP contribution is 2.43. The van der Waals surface area contributed by atoms with Crippen LogP contribution in [0.15, 0.2) is 42.0 Å². The van der Waals surface area contributed by atoms with Gasteiger partial charge in [-0.2, -0.15) is 5.10 Å². The van der Waals surface area contributed by atoms with Gasteiger partial charge >= 0.3 is 0 Å². The Bertz CT molecular complexity index is 861. The van der Waals surface area contributed by atoms with Gasteiger partial charge in [0.2, 0.25) is 0 Å². The van der Waals surface area contributed by atoms with Gasteiger partial charge in [-0.05, 0) is 29.5 Å². The number of fused-ring (bicyclic) bond motifs is 1. The molecule has 0 bridgehead atoms. The lowest BCUT2D eigenvalue weighted by Crippen LogP contribution is -2.31. The van der Waals surface area contributed by atoms with Crippen molar-refractivity contribution >= 4 is 17.2 Å². The Morgan fingerprint density at radius 2 is 2.28 bits per heavy atom. The van der Waals surface area contributed by atoms with E-state index in [0.717, 1.165) is 28.1 Å². The van der Waals surface area contributed by atoms with Crippen LogP contribution in [-0.2, 0) is 4.74 Å². The van der Waals surface area contributed by atoms with Gasteiger partial charge in [-0.25, -0.2) is 0 Å². The summed E-state index contributed by atoms with van der Waals surface area (Å²) >= 11 is 1.63. The number of rotatable bonds is 6. The molecule has 0 saturated carbocycles. The van der Waals surface area contributed by atoms with Crippen molar-refractivity contribution in [3.8, 4) is 10.6 Å². The molecule has 0 aromatic carbocycles. The third-order valence-electron chi connectivity index (χ3n) is 4.37. The van der Waals surface area contributed by atoms with E-state index >= 15 is 0 Å². The van der Waals surface area contributed by atoms with Crippen LogP contribution in [0.5, 0.6) is 0 Å². The molecule has 0 radical (unpaired) electrons. The number of hydrogen-bond donors (Lipinski definition) is 1. The average Bonchev–Trinajstić information content (AvgIpc) is 3.35. The van der Waals surface area contributed by atoms with Gasteiger partial charge in [0.25, 0.3) is 5.91 Å². The van der Waals surface area contributed by atoms with Crippen molar-refractivity contribution in [2.24, 2.45) is 0 Å². The van der Waals surface area contributed by atoms with Crippen LogP contribution in [0.3, 0.4) is 0 Å². The van der Waals surface area contributed by atoms with E-state index in [-0.39, 0.29) is 11.9 Å². The Balaban J connectivity index is 1.79. The highest BCUT2D eigenvalue weighted by molar-refractivity contribution is 7.13. The van der Waals surface area contributed by atoms with E-state index in [1.54, 1.807) is 24.6 Å². The number of ether oxygens (including phenoxy) is 1. The van der Waals surface area contributed by atoms with Crippen LogP contribution < -0.4 is 0 Å². The summed E-state index contributed by atoms with van der Waals surface area (Å²) in [7, 11) is 1.67. The second kappa shape index (κ2) is 6.78. The Morgan fingerprint density at radius 1 is 1.36 bits per heavy atom. The maximum Gasteiger partial charge on any atom is 0.275 e. The number of thiophene rings is 1. The first-order valence-corrected chi connectivity index (χ1v) is 9.01. The van der Waals surface area contributed by atoms with Crippen LogP contribution in [-0.4, -0.2) is 46.2 Å². The summed E-state index contributed by atoms with van der Waals surface area (Å²) in [6, 6.07) is 7.77. The van der Waals surface area contributed by atoms with Crippen molar-refractivity contribution in [2.45, 2.75) is 12.5 Å². The zero-order valence-corrected chi connectivity index (χ0v) is 14.6. The molecule has 1 aliphatic heterocycles. The largest absolute Gasteiger partial charge is 0.385 e. The fourth-order valence-corrected chi connectivity index (χ4v) is 4.03. The third kappa shape index (κ3) is 2.75. The van der Waals surface area contributed by atoms with Crippen molar-refractivity contribution < 1.29 is 9.53 Å². The van der Waals surface area contributed by atoms with E-state index in [9.17, 15) is 4.79 Å². The molecule has 7 heteroatoms. The van der Waals surface area contributed by atoms with E-state index in [0.29, 0.717) is 18.8 Å². The predicted molar refractivity (Wildman–Crippen MR) is 95.5 cm³/mol. The number of methoxy groups -OCH3 is 1. The zero-order chi connectivity index (χ0) is 17.2. The van der Waals surface area contributed by atoms with Crippen LogP contribution in [0.25, 0.3) is 10.6 Å².